The molecule has 0 radical (unpaired) electrons. The summed E-state index contributed by atoms with van der Waals surface area (Å²) in [5.74, 6) is 0.947. The molecular formula is C29H29NO9. The smallest absolute Gasteiger partial charge is 0.198 e. The lowest BCUT2D eigenvalue weighted by molar-refractivity contribution is -0.280. The molecule has 10 nitrogen and oxygen atoms in total. The van der Waals surface area contributed by atoms with Crippen LogP contribution in [0, 0.1) is 0 Å². The van der Waals surface area contributed by atoms with Gasteiger partial charge in [-0.25, -0.2) is 0 Å². The predicted octanol–water partition coefficient (Wildman–Crippen LogP) is 2.06. The molecule has 2 heterocycles. The van der Waals surface area contributed by atoms with Crippen molar-refractivity contribution >= 4 is 16.7 Å². The van der Waals surface area contributed by atoms with Gasteiger partial charge >= 0.3 is 0 Å². The molecule has 0 unspecified atom stereocenters. The molecule has 1 saturated heterocycles. The minimum atomic E-state index is -1.60. The number of nitrogens with zero attached hydrogens (tertiary/aromatic N) is 1. The second kappa shape index (κ2) is 11.0. The first-order chi connectivity index (χ1) is 18.9. The highest BCUT2D eigenvalue weighted by Gasteiger charge is 2.45. The summed E-state index contributed by atoms with van der Waals surface area (Å²) in [5.41, 5.74) is 2.02. The van der Waals surface area contributed by atoms with Crippen molar-refractivity contribution in [3.8, 4) is 22.9 Å². The topological polar surface area (TPSA) is 140 Å². The van der Waals surface area contributed by atoms with Crippen LogP contribution in [0.2, 0.25) is 0 Å². The Morgan fingerprint density at radius 3 is 2.38 bits per heavy atom. The largest absolute Gasteiger partial charge is 0.497 e. The highest BCUT2D eigenvalue weighted by molar-refractivity contribution is 6.13. The van der Waals surface area contributed by atoms with Gasteiger partial charge in [-0.15, -0.1) is 0 Å². The van der Waals surface area contributed by atoms with Gasteiger partial charge in [0.15, 0.2) is 18.2 Å². The maximum atomic E-state index is 13.8. The molecule has 1 aromatic heterocycles. The number of benzene rings is 3. The molecule has 0 saturated carbocycles. The fraction of sp³-hybridized carbons (Fsp3) is 0.276. The number of ether oxygens (including phenoxy) is 4. The van der Waals surface area contributed by atoms with Crippen molar-refractivity contribution in [2.75, 3.05) is 20.8 Å². The van der Waals surface area contributed by atoms with Crippen molar-refractivity contribution in [1.82, 2.24) is 4.57 Å². The van der Waals surface area contributed by atoms with Crippen LogP contribution in [-0.4, -0.2) is 82.3 Å². The summed E-state index contributed by atoms with van der Waals surface area (Å²) in [5, 5.41) is 41.3. The third kappa shape index (κ3) is 4.84. The normalized spacial score (nSPS) is 23.0. The standard InChI is InChI=1S/C29H29NO9/c1-36-16-11-12-19(22(13-16)37-2)25(32)18-8-4-6-10-21(18)30-14-23(17-7-3-5-9-20(17)30)38-28-27(34)26(33)24(15-31)39-29(28)35/h3-14,24,26-29,31,33-35H,15H2,1-2H3/t24-,26+,27+,28-,29-/m1/s1. The summed E-state index contributed by atoms with van der Waals surface area (Å²) in [4.78, 5) is 13.8. The van der Waals surface area contributed by atoms with E-state index in [1.54, 1.807) is 65.4 Å². The summed E-state index contributed by atoms with van der Waals surface area (Å²) in [6.07, 6.45) is -5.42. The molecule has 1 aliphatic heterocycles. The van der Waals surface area contributed by atoms with Crippen molar-refractivity contribution < 1.29 is 44.2 Å². The number of aliphatic hydroxyl groups is 4. The Balaban J connectivity index is 1.56. The van der Waals surface area contributed by atoms with Crippen LogP contribution in [0.1, 0.15) is 15.9 Å². The number of hydrogen-bond acceptors (Lipinski definition) is 9. The van der Waals surface area contributed by atoms with Gasteiger partial charge in [0.25, 0.3) is 0 Å². The highest BCUT2D eigenvalue weighted by atomic mass is 16.7. The van der Waals surface area contributed by atoms with Crippen LogP contribution in [0.5, 0.6) is 17.2 Å². The average molecular weight is 536 g/mol. The quantitative estimate of drug-likeness (QED) is 0.250. The van der Waals surface area contributed by atoms with E-state index in [9.17, 15) is 25.2 Å². The van der Waals surface area contributed by atoms with E-state index in [0.717, 1.165) is 0 Å². The van der Waals surface area contributed by atoms with Gasteiger partial charge in [0.2, 0.25) is 0 Å². The van der Waals surface area contributed by atoms with Crippen molar-refractivity contribution in [3.63, 3.8) is 0 Å². The lowest BCUT2D eigenvalue weighted by Crippen LogP contribution is -2.60. The molecule has 1 fully saturated rings. The minimum absolute atomic E-state index is 0.268. The van der Waals surface area contributed by atoms with Crippen LogP contribution in [0.15, 0.2) is 72.9 Å². The molecule has 3 aromatic carbocycles. The summed E-state index contributed by atoms with van der Waals surface area (Å²) in [6, 6.07) is 19.3. The molecule has 5 atom stereocenters. The van der Waals surface area contributed by atoms with E-state index in [1.807, 2.05) is 12.1 Å². The Morgan fingerprint density at radius 1 is 0.897 bits per heavy atom. The van der Waals surface area contributed by atoms with Crippen molar-refractivity contribution in [3.05, 3.63) is 84.1 Å². The zero-order chi connectivity index (χ0) is 27.7. The van der Waals surface area contributed by atoms with E-state index in [-0.39, 0.29) is 11.5 Å². The number of carbonyl (C=O) groups is 1. The number of ketones is 1. The summed E-state index contributed by atoms with van der Waals surface area (Å²) < 4.78 is 23.7. The second-order valence-corrected chi connectivity index (χ2v) is 9.10. The van der Waals surface area contributed by atoms with Crippen LogP contribution in [0.4, 0.5) is 0 Å². The number of methoxy groups -OCH3 is 2. The first-order valence-corrected chi connectivity index (χ1v) is 12.3. The molecule has 4 N–H and O–H groups in total. The zero-order valence-electron chi connectivity index (χ0n) is 21.3. The predicted molar refractivity (Wildman–Crippen MR) is 141 cm³/mol. The van der Waals surface area contributed by atoms with E-state index >= 15 is 0 Å². The molecule has 4 aromatic rings. The van der Waals surface area contributed by atoms with Gasteiger partial charge in [-0.1, -0.05) is 24.3 Å². The maximum absolute atomic E-state index is 13.8. The number of rotatable bonds is 8. The van der Waals surface area contributed by atoms with Gasteiger partial charge in [-0.3, -0.25) is 4.79 Å². The first-order valence-electron chi connectivity index (χ1n) is 12.3. The molecule has 0 aliphatic carbocycles. The van der Waals surface area contributed by atoms with Gasteiger partial charge in [0, 0.05) is 17.0 Å². The highest BCUT2D eigenvalue weighted by Crippen LogP contribution is 2.35. The van der Waals surface area contributed by atoms with Crippen LogP contribution >= 0.6 is 0 Å². The molecule has 10 heteroatoms. The Bertz CT molecular complexity index is 1480. The van der Waals surface area contributed by atoms with Gasteiger partial charge in [-0.05, 0) is 36.4 Å². The van der Waals surface area contributed by atoms with E-state index in [4.69, 9.17) is 18.9 Å². The van der Waals surface area contributed by atoms with Gasteiger partial charge in [0.1, 0.15) is 35.6 Å². The van der Waals surface area contributed by atoms with Crippen molar-refractivity contribution in [1.29, 1.82) is 0 Å². The van der Waals surface area contributed by atoms with E-state index in [0.29, 0.717) is 39.2 Å². The molecule has 5 rings (SSSR count). The van der Waals surface area contributed by atoms with Crippen LogP contribution in [0.25, 0.3) is 16.6 Å². The van der Waals surface area contributed by atoms with Crippen molar-refractivity contribution in [2.24, 2.45) is 0 Å². The third-order valence-electron chi connectivity index (χ3n) is 6.84. The summed E-state index contributed by atoms with van der Waals surface area (Å²) >= 11 is 0. The Kier molecular flexibility index (Phi) is 7.56. The lowest BCUT2D eigenvalue weighted by Gasteiger charge is -2.39. The minimum Gasteiger partial charge on any atom is -0.497 e. The van der Waals surface area contributed by atoms with E-state index in [1.165, 1.54) is 14.2 Å². The van der Waals surface area contributed by atoms with E-state index < -0.39 is 37.3 Å². The monoisotopic (exact) mass is 535 g/mol. The number of carbonyl (C=O) groups excluding carboxylic acids is 1. The fourth-order valence-corrected chi connectivity index (χ4v) is 4.79. The Hall–Kier alpha value is -3.93. The molecule has 39 heavy (non-hydrogen) atoms. The van der Waals surface area contributed by atoms with Crippen LogP contribution in [-0.2, 0) is 4.74 Å². The molecule has 0 amide bonds. The molecular weight excluding hydrogens is 506 g/mol. The Morgan fingerprint density at radius 2 is 1.64 bits per heavy atom. The zero-order valence-corrected chi connectivity index (χ0v) is 21.3. The van der Waals surface area contributed by atoms with Crippen LogP contribution < -0.4 is 14.2 Å². The SMILES string of the molecule is COc1ccc(C(=O)c2ccccc2-n2cc(O[C@@H]3[C@@H](O)[C@@H](O)[C@@H](CO)O[C@H]3O)c3ccccc32)c(OC)c1. The number of aliphatic hydroxyl groups excluding tert-OH is 4. The maximum Gasteiger partial charge on any atom is 0.198 e. The average Bonchev–Trinajstić information content (AvgIpc) is 3.34. The summed E-state index contributed by atoms with van der Waals surface area (Å²) in [6.45, 7) is -0.578. The van der Waals surface area contributed by atoms with Crippen LogP contribution in [0.3, 0.4) is 0 Å². The number of hydrogen-bond donors (Lipinski definition) is 4. The number of aromatic nitrogens is 1. The van der Waals surface area contributed by atoms with E-state index in [2.05, 4.69) is 0 Å². The van der Waals surface area contributed by atoms with Gasteiger partial charge in [-0.2, -0.15) is 0 Å². The first kappa shape index (κ1) is 26.7. The molecule has 1 aliphatic rings. The van der Waals surface area contributed by atoms with Gasteiger partial charge < -0.3 is 43.9 Å². The van der Waals surface area contributed by atoms with Gasteiger partial charge in [0.05, 0.1) is 43.8 Å². The fourth-order valence-electron chi connectivity index (χ4n) is 4.79. The van der Waals surface area contributed by atoms with Crippen molar-refractivity contribution in [2.45, 2.75) is 30.7 Å². The lowest BCUT2D eigenvalue weighted by atomic mass is 9.99. The molecule has 0 spiro atoms. The third-order valence-corrected chi connectivity index (χ3v) is 6.84. The number of fused-ring (bicyclic) bond motifs is 1. The molecule has 0 bridgehead atoms. The Labute approximate surface area is 224 Å². The second-order valence-electron chi connectivity index (χ2n) is 9.10. The summed E-state index contributed by atoms with van der Waals surface area (Å²) in [7, 11) is 3.02. The number of para-hydroxylation sites is 2. The molecule has 204 valence electrons.